The lowest BCUT2D eigenvalue weighted by atomic mass is 9.78. The van der Waals surface area contributed by atoms with Crippen molar-refractivity contribution in [2.75, 3.05) is 18.0 Å². The molecule has 39 heavy (non-hydrogen) atoms. The van der Waals surface area contributed by atoms with Gasteiger partial charge in [-0.1, -0.05) is 60.7 Å². The van der Waals surface area contributed by atoms with Gasteiger partial charge in [0.2, 0.25) is 0 Å². The van der Waals surface area contributed by atoms with E-state index in [1.807, 2.05) is 74.5 Å². The Balaban J connectivity index is 1.77. The van der Waals surface area contributed by atoms with Crippen molar-refractivity contribution in [3.63, 3.8) is 0 Å². The van der Waals surface area contributed by atoms with E-state index in [4.69, 9.17) is 4.42 Å². The zero-order valence-electron chi connectivity index (χ0n) is 21.7. The number of aliphatic carboxylic acids is 1. The highest BCUT2D eigenvalue weighted by atomic mass is 16.4. The third-order valence-corrected chi connectivity index (χ3v) is 6.90. The van der Waals surface area contributed by atoms with Gasteiger partial charge in [0.05, 0.1) is 5.56 Å². The molecule has 4 rings (SSSR count). The molecule has 7 nitrogen and oxygen atoms in total. The van der Waals surface area contributed by atoms with Gasteiger partial charge in [-0.25, -0.2) is 4.79 Å². The van der Waals surface area contributed by atoms with Gasteiger partial charge in [0.25, 0.3) is 0 Å². The van der Waals surface area contributed by atoms with Crippen LogP contribution in [-0.4, -0.2) is 24.2 Å². The van der Waals surface area contributed by atoms with Crippen molar-refractivity contribution in [2.45, 2.75) is 20.3 Å². The predicted molar refractivity (Wildman–Crippen MR) is 152 cm³/mol. The van der Waals surface area contributed by atoms with Crippen molar-refractivity contribution >= 4 is 33.8 Å². The fourth-order valence-electron chi connectivity index (χ4n) is 4.61. The van der Waals surface area contributed by atoms with E-state index in [0.717, 1.165) is 29.9 Å². The second kappa shape index (κ2) is 11.5. The molecular formula is C32H27N3O4. The molecule has 2 aromatic carbocycles. The summed E-state index contributed by atoms with van der Waals surface area (Å²) in [5.41, 5.74) is 0.692. The molecule has 0 amide bonds. The summed E-state index contributed by atoms with van der Waals surface area (Å²) >= 11 is 0. The molecule has 0 saturated heterocycles. The van der Waals surface area contributed by atoms with Crippen LogP contribution in [0.25, 0.3) is 22.1 Å². The van der Waals surface area contributed by atoms with Gasteiger partial charge in [-0.15, -0.1) is 0 Å². The normalized spacial score (nSPS) is 16.4. The molecule has 0 aliphatic heterocycles. The fourth-order valence-corrected chi connectivity index (χ4v) is 4.61. The number of carboxylic acids is 1. The minimum atomic E-state index is -1.42. The van der Waals surface area contributed by atoms with Crippen LogP contribution in [0.15, 0.2) is 99.8 Å². The van der Waals surface area contributed by atoms with Crippen molar-refractivity contribution < 1.29 is 14.3 Å². The van der Waals surface area contributed by atoms with Gasteiger partial charge in [0.1, 0.15) is 28.7 Å². The van der Waals surface area contributed by atoms with Gasteiger partial charge in [0.15, 0.2) is 0 Å². The van der Waals surface area contributed by atoms with E-state index in [-0.39, 0.29) is 23.1 Å². The van der Waals surface area contributed by atoms with Crippen molar-refractivity contribution in [3.05, 3.63) is 112 Å². The molecule has 0 saturated carbocycles. The van der Waals surface area contributed by atoms with E-state index in [9.17, 15) is 25.2 Å². The molecule has 1 unspecified atom stereocenters. The fraction of sp³-hybridized carbons (Fsp3) is 0.188. The van der Waals surface area contributed by atoms with Crippen LogP contribution in [-0.2, 0) is 4.79 Å². The number of fused-ring (bicyclic) bond motifs is 1. The number of nitrogens with zero attached hydrogens (tertiary/aromatic N) is 3. The first-order chi connectivity index (χ1) is 18.9. The standard InChI is InChI=1S/C32H27N3O4/c1-3-35(4-2)26-11-10-24-18-28(30(36)39-29(24)19-26)27(25(20-33)21-34)14-17-32(31(37)38)15-12-23(13-16-32)22-8-6-5-7-9-22/h5-15,17-19H,3-4,16H2,1-2H3,(H,37,38). The molecule has 1 aromatic heterocycles. The number of allylic oxidation sites excluding steroid dienone is 6. The highest BCUT2D eigenvalue weighted by Gasteiger charge is 2.34. The van der Waals surface area contributed by atoms with Gasteiger partial charge >= 0.3 is 11.6 Å². The van der Waals surface area contributed by atoms with Gasteiger partial charge in [-0.2, -0.15) is 10.5 Å². The number of benzene rings is 2. The lowest BCUT2D eigenvalue weighted by molar-refractivity contribution is -0.143. The Labute approximate surface area is 226 Å². The Kier molecular flexibility index (Phi) is 7.93. The smallest absolute Gasteiger partial charge is 0.344 e. The summed E-state index contributed by atoms with van der Waals surface area (Å²) in [6, 6.07) is 20.3. The molecule has 0 spiro atoms. The minimum absolute atomic E-state index is 0.00767. The topological polar surface area (TPSA) is 118 Å². The third-order valence-electron chi connectivity index (χ3n) is 6.90. The van der Waals surface area contributed by atoms with E-state index in [1.54, 1.807) is 24.3 Å². The number of carboxylic acid groups (broad SMARTS) is 1. The monoisotopic (exact) mass is 517 g/mol. The van der Waals surface area contributed by atoms with E-state index in [2.05, 4.69) is 4.90 Å². The van der Waals surface area contributed by atoms with Gasteiger partial charge in [0, 0.05) is 35.8 Å². The average molecular weight is 518 g/mol. The summed E-state index contributed by atoms with van der Waals surface area (Å²) < 4.78 is 5.61. The van der Waals surface area contributed by atoms with Crippen LogP contribution in [0.1, 0.15) is 31.4 Å². The van der Waals surface area contributed by atoms with Gasteiger partial charge in [-0.05, 0) is 49.6 Å². The maximum Gasteiger partial charge on any atom is 0.344 e. The Morgan fingerprint density at radius 3 is 2.41 bits per heavy atom. The number of hydrogen-bond donors (Lipinski definition) is 1. The van der Waals surface area contributed by atoms with Gasteiger partial charge in [-0.3, -0.25) is 4.79 Å². The van der Waals surface area contributed by atoms with Crippen molar-refractivity contribution in [1.82, 2.24) is 0 Å². The van der Waals surface area contributed by atoms with Crippen LogP contribution in [0, 0.1) is 28.1 Å². The molecular weight excluding hydrogens is 490 g/mol. The number of carbonyl (C=O) groups is 1. The molecule has 0 fully saturated rings. The van der Waals surface area contributed by atoms with Crippen molar-refractivity contribution in [3.8, 4) is 12.1 Å². The summed E-state index contributed by atoms with van der Waals surface area (Å²) in [5.74, 6) is -1.09. The molecule has 7 heteroatoms. The molecule has 1 heterocycles. The number of hydrogen-bond acceptors (Lipinski definition) is 6. The maximum atomic E-state index is 13.1. The minimum Gasteiger partial charge on any atom is -0.480 e. The molecule has 1 atom stereocenters. The molecule has 3 aromatic rings. The summed E-state index contributed by atoms with van der Waals surface area (Å²) in [4.78, 5) is 27.6. The molecule has 0 bridgehead atoms. The van der Waals surface area contributed by atoms with Crippen molar-refractivity contribution in [1.29, 1.82) is 10.5 Å². The average Bonchev–Trinajstić information content (AvgIpc) is 2.96. The summed E-state index contributed by atoms with van der Waals surface area (Å²) in [5, 5.41) is 30.0. The number of rotatable bonds is 8. The Hall–Kier alpha value is -5.14. The summed E-state index contributed by atoms with van der Waals surface area (Å²) in [6.45, 7) is 5.64. The maximum absolute atomic E-state index is 13.1. The molecule has 1 aliphatic rings. The first kappa shape index (κ1) is 26.9. The number of nitriles is 2. The van der Waals surface area contributed by atoms with Gasteiger partial charge < -0.3 is 14.4 Å². The van der Waals surface area contributed by atoms with E-state index >= 15 is 0 Å². The van der Waals surface area contributed by atoms with E-state index in [1.165, 1.54) is 12.2 Å². The molecule has 194 valence electrons. The molecule has 1 aliphatic carbocycles. The first-order valence-electron chi connectivity index (χ1n) is 12.6. The number of anilines is 1. The first-order valence-corrected chi connectivity index (χ1v) is 12.6. The zero-order chi connectivity index (χ0) is 28.0. The molecule has 0 radical (unpaired) electrons. The Morgan fingerprint density at radius 1 is 1.10 bits per heavy atom. The second-order valence-electron chi connectivity index (χ2n) is 9.10. The lowest BCUT2D eigenvalue weighted by Crippen LogP contribution is -2.27. The quantitative estimate of drug-likeness (QED) is 0.217. The van der Waals surface area contributed by atoms with E-state index in [0.29, 0.717) is 11.0 Å². The SMILES string of the molecule is CCN(CC)c1ccc2cc(C(C=CC3(C(=O)O)C=CC(c4ccccc4)=CC3)=C(C#N)C#N)c(=O)oc2c1. The highest BCUT2D eigenvalue weighted by molar-refractivity contribution is 5.90. The molecule has 1 N–H and O–H groups in total. The summed E-state index contributed by atoms with van der Waals surface area (Å²) in [7, 11) is 0. The summed E-state index contributed by atoms with van der Waals surface area (Å²) in [6.07, 6.45) is 8.10. The van der Waals surface area contributed by atoms with Crippen LogP contribution >= 0.6 is 0 Å². The van der Waals surface area contributed by atoms with E-state index < -0.39 is 17.0 Å². The predicted octanol–water partition coefficient (Wildman–Crippen LogP) is 6.11. The van der Waals surface area contributed by atoms with Crippen LogP contribution in [0.4, 0.5) is 5.69 Å². The Morgan fingerprint density at radius 2 is 1.82 bits per heavy atom. The van der Waals surface area contributed by atoms with Crippen LogP contribution in [0.5, 0.6) is 0 Å². The second-order valence-corrected chi connectivity index (χ2v) is 9.10. The van der Waals surface area contributed by atoms with Crippen LogP contribution in [0.3, 0.4) is 0 Å². The van der Waals surface area contributed by atoms with Crippen LogP contribution in [0.2, 0.25) is 0 Å². The van der Waals surface area contributed by atoms with Crippen molar-refractivity contribution in [2.24, 2.45) is 5.41 Å². The lowest BCUT2D eigenvalue weighted by Gasteiger charge is -2.25. The third kappa shape index (κ3) is 5.44. The highest BCUT2D eigenvalue weighted by Crippen LogP contribution is 2.36. The van der Waals surface area contributed by atoms with Crippen LogP contribution < -0.4 is 10.5 Å². The Bertz CT molecular complexity index is 1660. The largest absolute Gasteiger partial charge is 0.480 e. The zero-order valence-corrected chi connectivity index (χ0v) is 21.7.